The van der Waals surface area contributed by atoms with Crippen LogP contribution in [0.3, 0.4) is 0 Å². The molecule has 3 aromatic carbocycles. The predicted octanol–water partition coefficient (Wildman–Crippen LogP) is 4.32. The molecule has 0 aliphatic rings. The highest BCUT2D eigenvalue weighted by molar-refractivity contribution is 5.96. The maximum absolute atomic E-state index is 10.6. The molecule has 0 aromatic heterocycles. The van der Waals surface area contributed by atoms with Gasteiger partial charge in [0.1, 0.15) is 0 Å². The molecule has 3 aromatic rings. The van der Waals surface area contributed by atoms with E-state index in [-0.39, 0.29) is 16.7 Å². The van der Waals surface area contributed by atoms with Crippen LogP contribution in [0, 0.1) is 6.92 Å². The fourth-order valence-electron chi connectivity index (χ4n) is 2.23. The first-order chi connectivity index (χ1) is 12.7. The molecule has 27 heavy (non-hydrogen) atoms. The third-order valence-corrected chi connectivity index (χ3v) is 3.45. The third kappa shape index (κ3) is 6.99. The molecular formula is C21H20O6. The van der Waals surface area contributed by atoms with E-state index in [0.29, 0.717) is 0 Å². The summed E-state index contributed by atoms with van der Waals surface area (Å²) in [7, 11) is 0. The zero-order chi connectivity index (χ0) is 20.4. The maximum Gasteiger partial charge on any atom is 0.335 e. The molecule has 0 heterocycles. The molecule has 0 unspecified atom stereocenters. The largest absolute Gasteiger partial charge is 0.481 e. The minimum absolute atomic E-state index is 0.0277. The molecule has 0 amide bonds. The highest BCUT2D eigenvalue weighted by atomic mass is 16.4. The molecule has 0 bridgehead atoms. The molecule has 0 atom stereocenters. The molecule has 0 radical (unpaired) electrons. The van der Waals surface area contributed by atoms with Crippen LogP contribution in [0.5, 0.6) is 0 Å². The van der Waals surface area contributed by atoms with Crippen LogP contribution in [0.2, 0.25) is 0 Å². The van der Waals surface area contributed by atoms with E-state index in [0.717, 1.165) is 6.92 Å². The number of aromatic carboxylic acids is 2. The summed E-state index contributed by atoms with van der Waals surface area (Å²) in [5.74, 6) is -3.05. The summed E-state index contributed by atoms with van der Waals surface area (Å²) in [4.78, 5) is 30.2. The number of carboxylic acids is 3. The third-order valence-electron chi connectivity index (χ3n) is 3.45. The van der Waals surface area contributed by atoms with Gasteiger partial charge < -0.3 is 15.3 Å². The summed E-state index contributed by atoms with van der Waals surface area (Å²) >= 11 is 0. The number of hydrogen-bond donors (Lipinski definition) is 3. The van der Waals surface area contributed by atoms with Crippen molar-refractivity contribution in [2.75, 3.05) is 0 Å². The van der Waals surface area contributed by atoms with Crippen LogP contribution in [0.15, 0.2) is 66.7 Å². The molecule has 0 spiro atoms. The molecule has 6 heteroatoms. The van der Waals surface area contributed by atoms with E-state index < -0.39 is 17.9 Å². The Morgan fingerprint density at radius 3 is 1.19 bits per heavy atom. The van der Waals surface area contributed by atoms with Crippen molar-refractivity contribution in [2.45, 2.75) is 13.8 Å². The number of benzene rings is 3. The van der Waals surface area contributed by atoms with E-state index in [9.17, 15) is 9.59 Å². The van der Waals surface area contributed by atoms with Gasteiger partial charge in [-0.05, 0) is 35.4 Å². The summed E-state index contributed by atoms with van der Waals surface area (Å²) in [6.07, 6.45) is 0. The van der Waals surface area contributed by atoms with Gasteiger partial charge in [0, 0.05) is 6.92 Å². The van der Waals surface area contributed by atoms with E-state index >= 15 is 0 Å². The first-order valence-electron chi connectivity index (χ1n) is 7.93. The molecule has 0 saturated heterocycles. The number of hydrogen-bond acceptors (Lipinski definition) is 3. The van der Waals surface area contributed by atoms with Crippen LogP contribution >= 0.6 is 0 Å². The van der Waals surface area contributed by atoms with Gasteiger partial charge in [-0.15, -0.1) is 0 Å². The molecule has 3 N–H and O–H groups in total. The lowest BCUT2D eigenvalue weighted by molar-refractivity contribution is -0.134. The van der Waals surface area contributed by atoms with Crippen molar-refractivity contribution in [3.63, 3.8) is 0 Å². The van der Waals surface area contributed by atoms with Crippen molar-refractivity contribution in [3.8, 4) is 0 Å². The first-order valence-corrected chi connectivity index (χ1v) is 7.93. The average molecular weight is 368 g/mol. The van der Waals surface area contributed by atoms with Gasteiger partial charge in [-0.25, -0.2) is 9.59 Å². The molecule has 0 saturated carbocycles. The van der Waals surface area contributed by atoms with Gasteiger partial charge in [0.25, 0.3) is 5.97 Å². The monoisotopic (exact) mass is 368 g/mol. The minimum atomic E-state index is -1.11. The summed E-state index contributed by atoms with van der Waals surface area (Å²) < 4.78 is 0. The van der Waals surface area contributed by atoms with Crippen molar-refractivity contribution in [1.82, 2.24) is 0 Å². The van der Waals surface area contributed by atoms with Crippen LogP contribution in [0.25, 0.3) is 10.8 Å². The van der Waals surface area contributed by atoms with Gasteiger partial charge in [-0.1, -0.05) is 54.6 Å². The average Bonchev–Trinajstić information content (AvgIpc) is 2.61. The number of aliphatic carboxylic acids is 1. The van der Waals surface area contributed by atoms with E-state index in [1.165, 1.54) is 35.9 Å². The summed E-state index contributed by atoms with van der Waals surface area (Å²) in [6.45, 7) is 2.56. The van der Waals surface area contributed by atoms with Crippen LogP contribution in [-0.2, 0) is 4.79 Å². The molecular weight excluding hydrogens is 348 g/mol. The van der Waals surface area contributed by atoms with Crippen LogP contribution < -0.4 is 0 Å². The first kappa shape index (κ1) is 21.4. The zero-order valence-corrected chi connectivity index (χ0v) is 14.9. The SMILES string of the molecule is CC(=O)O.Cc1c(C(=O)O)cccc1C(=O)O.c1ccc2ccccc2c1. The lowest BCUT2D eigenvalue weighted by atomic mass is 10.0. The van der Waals surface area contributed by atoms with Crippen molar-refractivity contribution < 1.29 is 29.7 Å². The molecule has 0 fully saturated rings. The lowest BCUT2D eigenvalue weighted by Gasteiger charge is -2.03. The Hall–Kier alpha value is -3.67. The summed E-state index contributed by atoms with van der Waals surface area (Å²) in [5.41, 5.74) is 0.335. The van der Waals surface area contributed by atoms with Crippen molar-refractivity contribution >= 4 is 28.7 Å². The maximum atomic E-state index is 10.6. The fraction of sp³-hybridized carbons (Fsp3) is 0.0952. The predicted molar refractivity (Wildman–Crippen MR) is 102 cm³/mol. The Morgan fingerprint density at radius 2 is 0.926 bits per heavy atom. The standard InChI is InChI=1S/C10H8.C9H8O4.C2H4O2/c1-2-6-10-8-4-3-7-9(10)5-1;1-5-6(8(10)11)3-2-4-7(5)9(12)13;1-2(3)4/h1-8H;2-4H,1H3,(H,10,11)(H,12,13);1H3,(H,3,4). The lowest BCUT2D eigenvalue weighted by Crippen LogP contribution is -2.06. The fourth-order valence-corrected chi connectivity index (χ4v) is 2.23. The molecule has 0 aliphatic carbocycles. The van der Waals surface area contributed by atoms with Crippen LogP contribution in [0.1, 0.15) is 33.2 Å². The Balaban J connectivity index is 0.000000230. The molecule has 140 valence electrons. The second kappa shape index (κ2) is 10.4. The van der Waals surface area contributed by atoms with Crippen molar-refractivity contribution in [3.05, 3.63) is 83.4 Å². The second-order valence-corrected chi connectivity index (χ2v) is 5.45. The molecule has 6 nitrogen and oxygen atoms in total. The molecule has 3 rings (SSSR count). The highest BCUT2D eigenvalue weighted by Gasteiger charge is 2.13. The topological polar surface area (TPSA) is 112 Å². The van der Waals surface area contributed by atoms with Gasteiger partial charge in [0.05, 0.1) is 11.1 Å². The smallest absolute Gasteiger partial charge is 0.335 e. The summed E-state index contributed by atoms with van der Waals surface area (Å²) in [6, 6.07) is 20.9. The number of carbonyl (C=O) groups is 3. The highest BCUT2D eigenvalue weighted by Crippen LogP contribution is 2.13. The Morgan fingerprint density at radius 1 is 0.630 bits per heavy atom. The van der Waals surface area contributed by atoms with Crippen molar-refractivity contribution in [2.24, 2.45) is 0 Å². The normalized spacial score (nSPS) is 9.26. The number of carboxylic acid groups (broad SMARTS) is 3. The Kier molecular flexibility index (Phi) is 8.19. The number of rotatable bonds is 2. The van der Waals surface area contributed by atoms with Gasteiger partial charge in [-0.3, -0.25) is 4.79 Å². The van der Waals surface area contributed by atoms with E-state index in [2.05, 4.69) is 48.5 Å². The quantitative estimate of drug-likeness (QED) is 0.621. The van der Waals surface area contributed by atoms with Crippen LogP contribution in [-0.4, -0.2) is 33.2 Å². The number of fused-ring (bicyclic) bond motifs is 1. The van der Waals surface area contributed by atoms with Crippen LogP contribution in [0.4, 0.5) is 0 Å². The van der Waals surface area contributed by atoms with Gasteiger partial charge >= 0.3 is 11.9 Å². The van der Waals surface area contributed by atoms with Gasteiger partial charge in [-0.2, -0.15) is 0 Å². The van der Waals surface area contributed by atoms with Crippen molar-refractivity contribution in [1.29, 1.82) is 0 Å². The van der Waals surface area contributed by atoms with Gasteiger partial charge in [0.15, 0.2) is 0 Å². The second-order valence-electron chi connectivity index (χ2n) is 5.45. The molecule has 0 aliphatic heterocycles. The minimum Gasteiger partial charge on any atom is -0.481 e. The van der Waals surface area contributed by atoms with E-state index in [1.807, 2.05) is 0 Å². The van der Waals surface area contributed by atoms with E-state index in [4.69, 9.17) is 20.1 Å². The summed E-state index contributed by atoms with van der Waals surface area (Å²) in [5, 5.41) is 27.4. The Labute approximate surface area is 156 Å². The zero-order valence-electron chi connectivity index (χ0n) is 14.9. The van der Waals surface area contributed by atoms with E-state index in [1.54, 1.807) is 0 Å². The Bertz CT molecular complexity index is 845. The van der Waals surface area contributed by atoms with Gasteiger partial charge in [0.2, 0.25) is 0 Å².